The third-order valence-electron chi connectivity index (χ3n) is 6.05. The van der Waals surface area contributed by atoms with Gasteiger partial charge in [-0.05, 0) is 65.8 Å². The van der Waals surface area contributed by atoms with E-state index in [-0.39, 0.29) is 11.9 Å². The highest BCUT2D eigenvalue weighted by Crippen LogP contribution is 2.10. The number of hydrogen-bond acceptors (Lipinski definition) is 6. The van der Waals surface area contributed by atoms with Crippen molar-refractivity contribution in [3.05, 3.63) is 0 Å². The highest BCUT2D eigenvalue weighted by molar-refractivity contribution is 5.69. The lowest BCUT2D eigenvalue weighted by atomic mass is 10.1. The lowest BCUT2D eigenvalue weighted by Crippen LogP contribution is -2.31. The van der Waals surface area contributed by atoms with Crippen molar-refractivity contribution in [2.45, 2.75) is 117 Å². The molecule has 0 aliphatic heterocycles. The number of carbonyl (C=O) groups excluding carboxylic acids is 2. The average Bonchev–Trinajstić information content (AvgIpc) is 2.81. The topological polar surface area (TPSA) is 59.1 Å². The highest BCUT2D eigenvalue weighted by atomic mass is 16.5. The van der Waals surface area contributed by atoms with Crippen molar-refractivity contribution in [1.82, 2.24) is 9.80 Å². The smallest absolute Gasteiger partial charge is 0.307 e. The van der Waals surface area contributed by atoms with Crippen LogP contribution in [0.4, 0.5) is 0 Å². The predicted molar refractivity (Wildman–Crippen MR) is 142 cm³/mol. The van der Waals surface area contributed by atoms with Gasteiger partial charge in [-0.25, -0.2) is 0 Å². The predicted octanol–water partition coefficient (Wildman–Crippen LogP) is 6.22. The Bertz CT molecular complexity index is 471. The Morgan fingerprint density at radius 2 is 1.09 bits per heavy atom. The zero-order chi connectivity index (χ0) is 25.3. The first-order valence-corrected chi connectivity index (χ1v) is 14.2. The van der Waals surface area contributed by atoms with E-state index >= 15 is 0 Å². The van der Waals surface area contributed by atoms with E-state index in [1.54, 1.807) is 0 Å². The molecular weight excluding hydrogens is 428 g/mol. The van der Waals surface area contributed by atoms with E-state index in [1.807, 2.05) is 6.92 Å². The SMILES string of the molecule is CCCCCCCCCOC(=O)CCCCCCCN(CCCN(C)C)CCC(=O)OCCC. The first-order chi connectivity index (χ1) is 16.5. The lowest BCUT2D eigenvalue weighted by molar-refractivity contribution is -0.144. The normalized spacial score (nSPS) is 11.4. The van der Waals surface area contributed by atoms with Crippen molar-refractivity contribution in [2.75, 3.05) is 53.5 Å². The first kappa shape index (κ1) is 32.9. The Morgan fingerprint density at radius 3 is 1.76 bits per heavy atom. The molecule has 0 aliphatic rings. The van der Waals surface area contributed by atoms with E-state index in [2.05, 4.69) is 30.8 Å². The van der Waals surface area contributed by atoms with Crippen LogP contribution in [0.1, 0.15) is 117 Å². The van der Waals surface area contributed by atoms with Crippen LogP contribution in [0.5, 0.6) is 0 Å². The van der Waals surface area contributed by atoms with Crippen LogP contribution in [-0.2, 0) is 19.1 Å². The van der Waals surface area contributed by atoms with E-state index in [4.69, 9.17) is 9.47 Å². The summed E-state index contributed by atoms with van der Waals surface area (Å²) in [7, 11) is 4.19. The van der Waals surface area contributed by atoms with E-state index in [0.29, 0.717) is 26.1 Å². The maximum atomic E-state index is 11.9. The monoisotopic (exact) mass is 484 g/mol. The average molecular weight is 485 g/mol. The minimum absolute atomic E-state index is 0.0343. The van der Waals surface area contributed by atoms with Crippen LogP contribution >= 0.6 is 0 Å². The molecule has 0 atom stereocenters. The largest absolute Gasteiger partial charge is 0.466 e. The quantitative estimate of drug-likeness (QED) is 0.113. The minimum Gasteiger partial charge on any atom is -0.466 e. The van der Waals surface area contributed by atoms with E-state index in [9.17, 15) is 9.59 Å². The molecular formula is C28H56N2O4. The molecule has 0 aromatic heterocycles. The van der Waals surface area contributed by atoms with Crippen molar-refractivity contribution < 1.29 is 19.1 Å². The Balaban J connectivity index is 3.78. The second-order valence-electron chi connectivity index (χ2n) is 9.83. The van der Waals surface area contributed by atoms with Gasteiger partial charge in [0.15, 0.2) is 0 Å². The summed E-state index contributed by atoms with van der Waals surface area (Å²) in [4.78, 5) is 28.3. The molecule has 6 heteroatoms. The van der Waals surface area contributed by atoms with Crippen LogP contribution < -0.4 is 0 Å². The Hall–Kier alpha value is -1.14. The molecule has 0 unspecified atom stereocenters. The van der Waals surface area contributed by atoms with Crippen LogP contribution in [0, 0.1) is 0 Å². The summed E-state index contributed by atoms with van der Waals surface area (Å²) < 4.78 is 10.6. The van der Waals surface area contributed by atoms with Crippen molar-refractivity contribution in [3.63, 3.8) is 0 Å². The number of rotatable bonds is 25. The highest BCUT2D eigenvalue weighted by Gasteiger charge is 2.10. The molecule has 202 valence electrons. The zero-order valence-electron chi connectivity index (χ0n) is 23.1. The van der Waals surface area contributed by atoms with Crippen molar-refractivity contribution >= 4 is 11.9 Å². The van der Waals surface area contributed by atoms with Gasteiger partial charge in [0.25, 0.3) is 0 Å². The molecule has 0 bridgehead atoms. The fourth-order valence-electron chi connectivity index (χ4n) is 3.94. The maximum absolute atomic E-state index is 11.9. The van der Waals surface area contributed by atoms with Crippen molar-refractivity contribution in [2.24, 2.45) is 0 Å². The molecule has 0 amide bonds. The Labute approximate surface area is 211 Å². The van der Waals surface area contributed by atoms with Crippen molar-refractivity contribution in [1.29, 1.82) is 0 Å². The summed E-state index contributed by atoms with van der Waals surface area (Å²) in [6.07, 6.45) is 17.1. The number of ether oxygens (including phenoxy) is 2. The van der Waals surface area contributed by atoms with Gasteiger partial charge in [0.1, 0.15) is 0 Å². The molecule has 34 heavy (non-hydrogen) atoms. The number of nitrogens with zero attached hydrogens (tertiary/aromatic N) is 2. The van der Waals surface area contributed by atoms with Gasteiger partial charge in [0.2, 0.25) is 0 Å². The minimum atomic E-state index is -0.0849. The molecule has 0 saturated carbocycles. The van der Waals surface area contributed by atoms with Gasteiger partial charge in [0, 0.05) is 13.0 Å². The van der Waals surface area contributed by atoms with Crippen LogP contribution in [0.3, 0.4) is 0 Å². The van der Waals surface area contributed by atoms with Crippen LogP contribution in [-0.4, -0.2) is 75.2 Å². The summed E-state index contributed by atoms with van der Waals surface area (Å²) in [5.41, 5.74) is 0. The maximum Gasteiger partial charge on any atom is 0.307 e. The van der Waals surface area contributed by atoms with Gasteiger partial charge >= 0.3 is 11.9 Å². The first-order valence-electron chi connectivity index (χ1n) is 14.2. The van der Waals surface area contributed by atoms with Gasteiger partial charge in [-0.2, -0.15) is 0 Å². The number of esters is 2. The summed E-state index contributed by atoms with van der Waals surface area (Å²) in [5, 5.41) is 0. The molecule has 0 radical (unpaired) electrons. The van der Waals surface area contributed by atoms with Crippen LogP contribution in [0.2, 0.25) is 0 Å². The number of hydrogen-bond donors (Lipinski definition) is 0. The molecule has 0 aliphatic carbocycles. The molecule has 0 fully saturated rings. The molecule has 6 nitrogen and oxygen atoms in total. The summed E-state index contributed by atoms with van der Waals surface area (Å²) in [6.45, 7) is 9.24. The fourth-order valence-corrected chi connectivity index (χ4v) is 3.94. The molecule has 0 saturated heterocycles. The lowest BCUT2D eigenvalue weighted by Gasteiger charge is -2.23. The Kier molecular flexibility index (Phi) is 24.1. The van der Waals surface area contributed by atoms with E-state index in [0.717, 1.165) is 77.5 Å². The Morgan fingerprint density at radius 1 is 0.529 bits per heavy atom. The van der Waals surface area contributed by atoms with Gasteiger partial charge in [0.05, 0.1) is 19.6 Å². The second-order valence-corrected chi connectivity index (χ2v) is 9.83. The third kappa shape index (κ3) is 24.0. The molecule has 0 aromatic rings. The number of carbonyl (C=O) groups is 2. The van der Waals surface area contributed by atoms with E-state index < -0.39 is 0 Å². The summed E-state index contributed by atoms with van der Waals surface area (Å²) in [5.74, 6) is -0.119. The number of unbranched alkanes of at least 4 members (excludes halogenated alkanes) is 10. The summed E-state index contributed by atoms with van der Waals surface area (Å²) in [6, 6.07) is 0. The van der Waals surface area contributed by atoms with E-state index in [1.165, 1.54) is 38.5 Å². The standard InChI is InChI=1S/C28H56N2O4/c1-5-7-8-9-10-14-17-26-34-27(31)19-15-12-11-13-16-22-30(23-18-21-29(3)4)24-20-28(32)33-25-6-2/h5-26H2,1-4H3. The van der Waals surface area contributed by atoms with Crippen LogP contribution in [0.15, 0.2) is 0 Å². The van der Waals surface area contributed by atoms with Gasteiger partial charge in [-0.1, -0.05) is 71.6 Å². The van der Waals surface area contributed by atoms with Gasteiger partial charge in [-0.15, -0.1) is 0 Å². The molecule has 0 aromatic carbocycles. The molecule has 0 N–H and O–H groups in total. The molecule has 0 spiro atoms. The second kappa shape index (κ2) is 25.0. The van der Waals surface area contributed by atoms with Crippen LogP contribution in [0.25, 0.3) is 0 Å². The summed E-state index contributed by atoms with van der Waals surface area (Å²) >= 11 is 0. The third-order valence-corrected chi connectivity index (χ3v) is 6.05. The molecule has 0 heterocycles. The van der Waals surface area contributed by atoms with Gasteiger partial charge < -0.3 is 19.3 Å². The zero-order valence-corrected chi connectivity index (χ0v) is 23.1. The fraction of sp³-hybridized carbons (Fsp3) is 0.929. The molecule has 0 rings (SSSR count). The van der Waals surface area contributed by atoms with Gasteiger partial charge in [-0.3, -0.25) is 9.59 Å². The van der Waals surface area contributed by atoms with Crippen molar-refractivity contribution in [3.8, 4) is 0 Å².